The number of nitrogens with zero attached hydrogens (tertiary/aromatic N) is 6. The number of anilines is 1. The number of halogens is 1. The Morgan fingerprint density at radius 3 is 2.96 bits per heavy atom. The third-order valence-electron chi connectivity index (χ3n) is 3.96. The van der Waals surface area contributed by atoms with Crippen LogP contribution in [0.25, 0.3) is 11.8 Å². The summed E-state index contributed by atoms with van der Waals surface area (Å²) in [5.41, 5.74) is 2.93. The highest BCUT2D eigenvalue weighted by Gasteiger charge is 2.11. The second-order valence-electron chi connectivity index (χ2n) is 5.99. The molecule has 9 heteroatoms. The lowest BCUT2D eigenvalue weighted by molar-refractivity contribution is -0.111. The van der Waals surface area contributed by atoms with Crippen molar-refractivity contribution in [2.24, 2.45) is 0 Å². The molecule has 0 saturated heterocycles. The summed E-state index contributed by atoms with van der Waals surface area (Å²) in [6, 6.07) is 7.23. The summed E-state index contributed by atoms with van der Waals surface area (Å²) in [6.07, 6.45) is 6.69. The number of tetrazole rings is 1. The van der Waals surface area contributed by atoms with Gasteiger partial charge in [0.2, 0.25) is 5.91 Å². The topological polar surface area (TPSA) is 90.5 Å². The first-order valence-corrected chi connectivity index (χ1v) is 9.01. The molecular weight excluding hydrogens is 366 g/mol. The van der Waals surface area contributed by atoms with E-state index in [0.29, 0.717) is 10.8 Å². The number of unbranched alkanes of at least 4 members (excludes halogenated alkanes) is 1. The maximum atomic E-state index is 12.3. The van der Waals surface area contributed by atoms with Gasteiger partial charge in [0.1, 0.15) is 11.5 Å². The first kappa shape index (κ1) is 18.8. The second-order valence-corrected chi connectivity index (χ2v) is 6.35. The van der Waals surface area contributed by atoms with Crippen LogP contribution in [0, 0.1) is 6.92 Å². The van der Waals surface area contributed by atoms with E-state index in [-0.39, 0.29) is 5.91 Å². The molecule has 0 aliphatic carbocycles. The third kappa shape index (κ3) is 4.59. The summed E-state index contributed by atoms with van der Waals surface area (Å²) in [5, 5.41) is 18.8. The molecule has 2 aromatic heterocycles. The Labute approximate surface area is 161 Å². The van der Waals surface area contributed by atoms with Crippen LogP contribution in [-0.2, 0) is 11.3 Å². The Morgan fingerprint density at radius 2 is 2.22 bits per heavy atom. The smallest absolute Gasteiger partial charge is 0.248 e. The van der Waals surface area contributed by atoms with Gasteiger partial charge in [-0.1, -0.05) is 31.0 Å². The van der Waals surface area contributed by atoms with Gasteiger partial charge < -0.3 is 5.32 Å². The minimum Gasteiger partial charge on any atom is -0.322 e. The first-order chi connectivity index (χ1) is 13.1. The minimum absolute atomic E-state index is 0.263. The summed E-state index contributed by atoms with van der Waals surface area (Å²) in [5.74, 6) is -0.263. The van der Waals surface area contributed by atoms with Gasteiger partial charge in [-0.2, -0.15) is 5.10 Å². The summed E-state index contributed by atoms with van der Waals surface area (Å²) in [6.45, 7) is 4.76. The fourth-order valence-corrected chi connectivity index (χ4v) is 2.88. The normalized spacial score (nSPS) is 11.2. The lowest BCUT2D eigenvalue weighted by Gasteiger charge is -2.05. The third-order valence-corrected chi connectivity index (χ3v) is 4.36. The van der Waals surface area contributed by atoms with Crippen molar-refractivity contribution in [1.82, 2.24) is 30.0 Å². The van der Waals surface area contributed by atoms with E-state index in [1.807, 2.05) is 19.1 Å². The quantitative estimate of drug-likeness (QED) is 0.630. The van der Waals surface area contributed by atoms with Gasteiger partial charge in [-0.15, -0.1) is 5.10 Å². The Bertz CT molecular complexity index is 947. The van der Waals surface area contributed by atoms with Gasteiger partial charge in [0.25, 0.3) is 0 Å². The van der Waals surface area contributed by atoms with Crippen molar-refractivity contribution in [3.05, 3.63) is 53.1 Å². The van der Waals surface area contributed by atoms with Crippen molar-refractivity contribution in [3.63, 3.8) is 0 Å². The summed E-state index contributed by atoms with van der Waals surface area (Å²) in [4.78, 5) is 12.3. The number of aryl methyl sites for hydroxylation is 2. The molecule has 0 saturated carbocycles. The molecule has 0 atom stereocenters. The number of nitrogens with one attached hydrogen (secondary N) is 1. The molecule has 27 heavy (non-hydrogen) atoms. The Kier molecular flexibility index (Phi) is 5.97. The maximum absolute atomic E-state index is 12.3. The van der Waals surface area contributed by atoms with Crippen molar-refractivity contribution in [2.75, 3.05) is 5.32 Å². The van der Waals surface area contributed by atoms with E-state index < -0.39 is 0 Å². The molecule has 1 N–H and O–H groups in total. The fraction of sp³-hybridized carbons (Fsp3) is 0.278. The molecule has 0 bridgehead atoms. The molecule has 0 aliphatic rings. The van der Waals surface area contributed by atoms with E-state index in [9.17, 15) is 4.79 Å². The van der Waals surface area contributed by atoms with Gasteiger partial charge in [0.05, 0.1) is 11.4 Å². The maximum Gasteiger partial charge on any atom is 0.248 e. The van der Waals surface area contributed by atoms with E-state index in [4.69, 9.17) is 11.6 Å². The van der Waals surface area contributed by atoms with Crippen molar-refractivity contribution < 1.29 is 4.79 Å². The first-order valence-electron chi connectivity index (χ1n) is 8.64. The van der Waals surface area contributed by atoms with Gasteiger partial charge in [-0.25, -0.2) is 4.68 Å². The summed E-state index contributed by atoms with van der Waals surface area (Å²) >= 11 is 6.38. The lowest BCUT2D eigenvalue weighted by atomic mass is 10.2. The zero-order chi connectivity index (χ0) is 19.2. The monoisotopic (exact) mass is 385 g/mol. The molecule has 0 radical (unpaired) electrons. The SMILES string of the molecule is CCCCn1nc(C)c(/C=C/C(=O)Nc2cccc(-n3cnnn3)c2)c1Cl. The molecule has 3 aromatic rings. The highest BCUT2D eigenvalue weighted by Crippen LogP contribution is 2.22. The second kappa shape index (κ2) is 8.59. The number of rotatable bonds is 7. The minimum atomic E-state index is -0.263. The van der Waals surface area contributed by atoms with Crippen LogP contribution in [-0.4, -0.2) is 35.9 Å². The van der Waals surface area contributed by atoms with Crippen LogP contribution in [0.3, 0.4) is 0 Å². The summed E-state index contributed by atoms with van der Waals surface area (Å²) < 4.78 is 3.28. The lowest BCUT2D eigenvalue weighted by Crippen LogP contribution is -2.08. The standard InChI is InChI=1S/C18H20ClN7O/c1-3-4-10-25-18(19)16(13(2)22-25)8-9-17(27)21-14-6-5-7-15(11-14)26-12-20-23-24-26/h5-9,11-12H,3-4,10H2,1-2H3,(H,21,27)/b9-8+. The van der Waals surface area contributed by atoms with E-state index in [1.165, 1.54) is 17.1 Å². The number of aromatic nitrogens is 6. The number of amides is 1. The molecule has 2 heterocycles. The molecule has 0 aliphatic heterocycles. The number of carbonyl (C=O) groups is 1. The Balaban J connectivity index is 1.69. The number of hydrogen-bond acceptors (Lipinski definition) is 5. The van der Waals surface area contributed by atoms with Crippen molar-refractivity contribution in [1.29, 1.82) is 0 Å². The van der Waals surface area contributed by atoms with Crippen LogP contribution < -0.4 is 5.32 Å². The highest BCUT2D eigenvalue weighted by molar-refractivity contribution is 6.31. The highest BCUT2D eigenvalue weighted by atomic mass is 35.5. The van der Waals surface area contributed by atoms with E-state index in [2.05, 4.69) is 32.9 Å². The van der Waals surface area contributed by atoms with Crippen LogP contribution in [0.5, 0.6) is 0 Å². The van der Waals surface area contributed by atoms with E-state index in [0.717, 1.165) is 36.3 Å². The van der Waals surface area contributed by atoms with E-state index >= 15 is 0 Å². The number of carbonyl (C=O) groups excluding carboxylic acids is 1. The number of hydrogen-bond donors (Lipinski definition) is 1. The van der Waals surface area contributed by atoms with Crippen LogP contribution in [0.15, 0.2) is 36.7 Å². The molecule has 0 unspecified atom stereocenters. The Hall–Kier alpha value is -3.00. The molecular formula is C18H20ClN7O. The zero-order valence-electron chi connectivity index (χ0n) is 15.1. The van der Waals surface area contributed by atoms with Crippen LogP contribution in [0.1, 0.15) is 31.0 Å². The fourth-order valence-electron chi connectivity index (χ4n) is 2.56. The molecule has 8 nitrogen and oxygen atoms in total. The average molecular weight is 386 g/mol. The molecule has 1 amide bonds. The molecule has 1 aromatic carbocycles. The van der Waals surface area contributed by atoms with Crippen LogP contribution in [0.2, 0.25) is 5.15 Å². The largest absolute Gasteiger partial charge is 0.322 e. The van der Waals surface area contributed by atoms with Gasteiger partial charge in [-0.05, 0) is 48.0 Å². The average Bonchev–Trinajstić information content (AvgIpc) is 3.28. The predicted molar refractivity (Wildman–Crippen MR) is 104 cm³/mol. The van der Waals surface area contributed by atoms with Gasteiger partial charge in [0.15, 0.2) is 0 Å². The Morgan fingerprint density at radius 1 is 1.37 bits per heavy atom. The zero-order valence-corrected chi connectivity index (χ0v) is 15.9. The van der Waals surface area contributed by atoms with Gasteiger partial charge >= 0.3 is 0 Å². The van der Waals surface area contributed by atoms with Crippen molar-refractivity contribution >= 4 is 29.3 Å². The molecule has 140 valence electrons. The number of benzene rings is 1. The predicted octanol–water partition coefficient (Wildman–Crippen LogP) is 3.27. The van der Waals surface area contributed by atoms with Gasteiger partial charge in [0, 0.05) is 23.9 Å². The van der Waals surface area contributed by atoms with Crippen LogP contribution in [0.4, 0.5) is 5.69 Å². The molecule has 3 rings (SSSR count). The van der Waals surface area contributed by atoms with Crippen LogP contribution >= 0.6 is 11.6 Å². The van der Waals surface area contributed by atoms with Crippen molar-refractivity contribution in [2.45, 2.75) is 33.2 Å². The molecule has 0 fully saturated rings. The van der Waals surface area contributed by atoms with Gasteiger partial charge in [-0.3, -0.25) is 9.48 Å². The summed E-state index contributed by atoms with van der Waals surface area (Å²) in [7, 11) is 0. The van der Waals surface area contributed by atoms with Crippen molar-refractivity contribution in [3.8, 4) is 5.69 Å². The van der Waals surface area contributed by atoms with E-state index in [1.54, 1.807) is 22.9 Å². The molecule has 0 spiro atoms.